The molecule has 0 atom stereocenters. The maximum absolute atomic E-state index is 12.4. The van der Waals surface area contributed by atoms with Crippen LogP contribution in [0.4, 0.5) is 5.69 Å². The van der Waals surface area contributed by atoms with Crippen molar-refractivity contribution in [2.24, 2.45) is 5.73 Å². The predicted molar refractivity (Wildman–Crippen MR) is 108 cm³/mol. The first-order valence-electron chi connectivity index (χ1n) is 9.19. The molecule has 0 saturated heterocycles. The minimum atomic E-state index is -0.652. The number of rotatable bonds is 7. The van der Waals surface area contributed by atoms with Crippen molar-refractivity contribution in [1.29, 1.82) is 0 Å². The number of fused-ring (bicyclic) bond motifs is 1. The van der Waals surface area contributed by atoms with Crippen LogP contribution in [0.2, 0.25) is 0 Å². The van der Waals surface area contributed by atoms with Gasteiger partial charge in [-0.25, -0.2) is 0 Å². The standard InChI is InChI=1S/C21H20N4O5/c1-12-2-7-15-16(10-12)21(30)25(20(15)29)9-8-18(27)24-14-5-3-13(4-6-14)19(28)23-11-17(22)26/h2-7,10H,8-9,11H2,1H3,(H2,22,26)(H,23,28)(H,24,27). The zero-order valence-corrected chi connectivity index (χ0v) is 16.2. The van der Waals surface area contributed by atoms with Crippen LogP contribution >= 0.6 is 0 Å². The number of nitrogens with two attached hydrogens (primary N) is 1. The second-order valence-corrected chi connectivity index (χ2v) is 6.84. The van der Waals surface area contributed by atoms with Crippen molar-refractivity contribution in [3.05, 3.63) is 64.7 Å². The van der Waals surface area contributed by atoms with Crippen LogP contribution in [0, 0.1) is 6.92 Å². The maximum atomic E-state index is 12.4. The van der Waals surface area contributed by atoms with E-state index in [-0.39, 0.29) is 25.4 Å². The van der Waals surface area contributed by atoms with Crippen LogP contribution in [0.5, 0.6) is 0 Å². The lowest BCUT2D eigenvalue weighted by Gasteiger charge is -2.13. The molecule has 154 valence electrons. The van der Waals surface area contributed by atoms with Gasteiger partial charge in [0, 0.05) is 24.2 Å². The third kappa shape index (κ3) is 4.52. The highest BCUT2D eigenvalue weighted by Crippen LogP contribution is 2.24. The van der Waals surface area contributed by atoms with Crippen molar-refractivity contribution in [3.63, 3.8) is 0 Å². The molecule has 2 aromatic rings. The van der Waals surface area contributed by atoms with Gasteiger partial charge in [-0.3, -0.25) is 28.9 Å². The summed E-state index contributed by atoms with van der Waals surface area (Å²) in [6, 6.07) is 11.1. The molecule has 0 radical (unpaired) electrons. The summed E-state index contributed by atoms with van der Waals surface area (Å²) in [6.07, 6.45) is -0.0642. The predicted octanol–water partition coefficient (Wildman–Crippen LogP) is 0.835. The number of amides is 5. The molecule has 5 amide bonds. The van der Waals surface area contributed by atoms with E-state index < -0.39 is 23.6 Å². The molecule has 3 rings (SSSR count). The van der Waals surface area contributed by atoms with Crippen molar-refractivity contribution in [1.82, 2.24) is 10.2 Å². The molecule has 0 aliphatic carbocycles. The second-order valence-electron chi connectivity index (χ2n) is 6.84. The quantitative estimate of drug-likeness (QED) is 0.583. The lowest BCUT2D eigenvalue weighted by Crippen LogP contribution is -2.33. The molecule has 0 spiro atoms. The van der Waals surface area contributed by atoms with Crippen molar-refractivity contribution in [2.45, 2.75) is 13.3 Å². The third-order valence-electron chi connectivity index (χ3n) is 4.54. The van der Waals surface area contributed by atoms with Gasteiger partial charge >= 0.3 is 0 Å². The summed E-state index contributed by atoms with van der Waals surface area (Å²) < 4.78 is 0. The van der Waals surface area contributed by atoms with Gasteiger partial charge in [0.2, 0.25) is 11.8 Å². The fraction of sp³-hybridized carbons (Fsp3) is 0.190. The number of anilines is 1. The molecule has 4 N–H and O–H groups in total. The lowest BCUT2D eigenvalue weighted by molar-refractivity contribution is -0.117. The van der Waals surface area contributed by atoms with E-state index >= 15 is 0 Å². The van der Waals surface area contributed by atoms with Gasteiger partial charge in [0.15, 0.2) is 0 Å². The average Bonchev–Trinajstić information content (AvgIpc) is 2.94. The van der Waals surface area contributed by atoms with Crippen LogP contribution in [0.3, 0.4) is 0 Å². The number of nitrogens with zero attached hydrogens (tertiary/aromatic N) is 1. The van der Waals surface area contributed by atoms with Gasteiger partial charge in [-0.1, -0.05) is 11.6 Å². The molecule has 0 unspecified atom stereocenters. The Labute approximate surface area is 172 Å². The summed E-state index contributed by atoms with van der Waals surface area (Å²) in [4.78, 5) is 60.6. The van der Waals surface area contributed by atoms with Gasteiger partial charge in [-0.2, -0.15) is 0 Å². The highest BCUT2D eigenvalue weighted by molar-refractivity contribution is 6.21. The molecule has 2 aromatic carbocycles. The molecule has 1 heterocycles. The lowest BCUT2D eigenvalue weighted by atomic mass is 10.1. The molecule has 30 heavy (non-hydrogen) atoms. The maximum Gasteiger partial charge on any atom is 0.261 e. The van der Waals surface area contributed by atoms with E-state index in [1.54, 1.807) is 18.2 Å². The van der Waals surface area contributed by atoms with Crippen molar-refractivity contribution in [3.8, 4) is 0 Å². The normalized spacial score (nSPS) is 12.5. The minimum absolute atomic E-state index is 0.0369. The zero-order valence-electron chi connectivity index (χ0n) is 16.2. The number of hydrogen-bond acceptors (Lipinski definition) is 5. The Morgan fingerprint density at radius 3 is 2.30 bits per heavy atom. The molecule has 9 heteroatoms. The first-order valence-corrected chi connectivity index (χ1v) is 9.19. The number of aryl methyl sites for hydroxylation is 1. The van der Waals surface area contributed by atoms with Crippen LogP contribution in [0.25, 0.3) is 0 Å². The van der Waals surface area contributed by atoms with Crippen LogP contribution < -0.4 is 16.4 Å². The van der Waals surface area contributed by atoms with Crippen molar-refractivity contribution < 1.29 is 24.0 Å². The smallest absolute Gasteiger partial charge is 0.261 e. The number of imide groups is 1. The molecule has 0 fully saturated rings. The summed E-state index contributed by atoms with van der Waals surface area (Å²) in [5.41, 5.74) is 7.30. The van der Waals surface area contributed by atoms with E-state index in [9.17, 15) is 24.0 Å². The Balaban J connectivity index is 1.54. The minimum Gasteiger partial charge on any atom is -0.368 e. The van der Waals surface area contributed by atoms with Gasteiger partial charge in [0.25, 0.3) is 17.7 Å². The highest BCUT2D eigenvalue weighted by Gasteiger charge is 2.35. The summed E-state index contributed by atoms with van der Waals surface area (Å²) in [7, 11) is 0. The van der Waals surface area contributed by atoms with Gasteiger partial charge in [-0.05, 0) is 43.3 Å². The van der Waals surface area contributed by atoms with E-state index in [1.807, 2.05) is 6.92 Å². The second kappa shape index (κ2) is 8.56. The Bertz CT molecular complexity index is 1050. The van der Waals surface area contributed by atoms with Crippen LogP contribution in [-0.2, 0) is 9.59 Å². The molecular weight excluding hydrogens is 388 g/mol. The number of nitrogens with one attached hydrogen (secondary N) is 2. The third-order valence-corrected chi connectivity index (χ3v) is 4.54. The Hall–Kier alpha value is -4.01. The number of benzene rings is 2. The first-order chi connectivity index (χ1) is 14.3. The molecule has 0 bridgehead atoms. The topological polar surface area (TPSA) is 139 Å². The average molecular weight is 408 g/mol. The highest BCUT2D eigenvalue weighted by atomic mass is 16.2. The monoisotopic (exact) mass is 408 g/mol. The zero-order chi connectivity index (χ0) is 21.8. The Morgan fingerprint density at radius 1 is 0.967 bits per heavy atom. The van der Waals surface area contributed by atoms with Crippen molar-refractivity contribution in [2.75, 3.05) is 18.4 Å². The molecule has 0 saturated carbocycles. The number of hydrogen-bond donors (Lipinski definition) is 3. The SMILES string of the molecule is Cc1ccc2c(c1)C(=O)N(CCC(=O)Nc1ccc(C(=O)NCC(N)=O)cc1)C2=O. The van der Waals surface area contributed by atoms with E-state index in [2.05, 4.69) is 10.6 Å². The summed E-state index contributed by atoms with van der Waals surface area (Å²) >= 11 is 0. The molecule has 1 aliphatic rings. The number of carbonyl (C=O) groups excluding carboxylic acids is 5. The van der Waals surface area contributed by atoms with Crippen LogP contribution in [0.15, 0.2) is 42.5 Å². The fourth-order valence-corrected chi connectivity index (χ4v) is 3.02. The molecular formula is C21H20N4O5. The Morgan fingerprint density at radius 2 is 1.63 bits per heavy atom. The largest absolute Gasteiger partial charge is 0.368 e. The van der Waals surface area contributed by atoms with E-state index in [0.717, 1.165) is 10.5 Å². The molecule has 0 aromatic heterocycles. The molecule has 9 nitrogen and oxygen atoms in total. The Kier molecular flexibility index (Phi) is 5.91. The van der Waals surface area contributed by atoms with Gasteiger partial charge < -0.3 is 16.4 Å². The van der Waals surface area contributed by atoms with Crippen LogP contribution in [0.1, 0.15) is 43.1 Å². The molecule has 1 aliphatic heterocycles. The first kappa shape index (κ1) is 20.7. The van der Waals surface area contributed by atoms with Gasteiger partial charge in [0.1, 0.15) is 0 Å². The summed E-state index contributed by atoms with van der Waals surface area (Å²) in [5.74, 6) is -2.31. The van der Waals surface area contributed by atoms with E-state index in [1.165, 1.54) is 24.3 Å². The van der Waals surface area contributed by atoms with Gasteiger partial charge in [-0.15, -0.1) is 0 Å². The van der Waals surface area contributed by atoms with Crippen molar-refractivity contribution >= 4 is 35.2 Å². The number of carbonyl (C=O) groups is 5. The fourth-order valence-electron chi connectivity index (χ4n) is 3.02. The number of primary amides is 1. The summed E-state index contributed by atoms with van der Waals surface area (Å²) in [6.45, 7) is 1.53. The van der Waals surface area contributed by atoms with E-state index in [4.69, 9.17) is 5.73 Å². The van der Waals surface area contributed by atoms with Gasteiger partial charge in [0.05, 0.1) is 17.7 Å². The van der Waals surface area contributed by atoms with E-state index in [0.29, 0.717) is 22.4 Å². The van der Waals surface area contributed by atoms with Crippen LogP contribution in [-0.4, -0.2) is 47.5 Å². The summed E-state index contributed by atoms with van der Waals surface area (Å²) in [5, 5.41) is 5.01.